The van der Waals surface area contributed by atoms with Crippen molar-refractivity contribution in [1.29, 1.82) is 0 Å². The molecule has 0 saturated carbocycles. The quantitative estimate of drug-likeness (QED) is 0.410. The molecule has 0 amide bonds. The summed E-state index contributed by atoms with van der Waals surface area (Å²) < 4.78 is 5.14. The molecule has 0 unspecified atom stereocenters. The van der Waals surface area contributed by atoms with E-state index in [4.69, 9.17) is 10.3 Å². The lowest BCUT2D eigenvalue weighted by Gasteiger charge is -2.05. The molecule has 1 aromatic carbocycles. The molecule has 1 rings (SSSR count). The Hall–Kier alpha value is -1.67. The fourth-order valence-corrected chi connectivity index (χ4v) is 1.32. The van der Waals surface area contributed by atoms with E-state index in [9.17, 15) is 0 Å². The smallest absolute Gasteiger partial charge is 0.121 e. The molecule has 0 radical (unpaired) electrons. The molecule has 1 aromatic rings. The molecule has 4 nitrogen and oxygen atoms in total. The number of azide groups is 1. The molecule has 0 saturated heterocycles. The van der Waals surface area contributed by atoms with Crippen LogP contribution in [-0.2, 0) is 6.42 Å². The highest BCUT2D eigenvalue weighted by molar-refractivity contribution is 5.36. The average Bonchev–Trinajstić information content (AvgIpc) is 2.18. The predicted octanol–water partition coefficient (Wildman–Crippen LogP) is 2.86. The van der Waals surface area contributed by atoms with E-state index in [1.54, 1.807) is 7.11 Å². The van der Waals surface area contributed by atoms with Gasteiger partial charge in [0.05, 0.1) is 7.11 Å². The van der Waals surface area contributed by atoms with Crippen molar-refractivity contribution in [3.63, 3.8) is 0 Å². The molecule has 0 heterocycles. The first-order chi connectivity index (χ1) is 6.77. The predicted molar refractivity (Wildman–Crippen MR) is 55.4 cm³/mol. The van der Waals surface area contributed by atoms with Gasteiger partial charge in [-0.1, -0.05) is 17.2 Å². The zero-order valence-electron chi connectivity index (χ0n) is 8.40. The van der Waals surface area contributed by atoms with E-state index < -0.39 is 0 Å². The summed E-state index contributed by atoms with van der Waals surface area (Å²) >= 11 is 0. The number of ether oxygens (including phenoxy) is 1. The van der Waals surface area contributed by atoms with Gasteiger partial charge in [-0.05, 0) is 36.1 Å². The van der Waals surface area contributed by atoms with Gasteiger partial charge in [-0.25, -0.2) is 0 Å². The van der Waals surface area contributed by atoms with Crippen LogP contribution in [0.3, 0.4) is 0 Å². The second-order valence-electron chi connectivity index (χ2n) is 3.01. The summed E-state index contributed by atoms with van der Waals surface area (Å²) in [5.74, 6) is 0.887. The van der Waals surface area contributed by atoms with Crippen LogP contribution in [0, 0.1) is 6.92 Å². The van der Waals surface area contributed by atoms with Crippen LogP contribution in [0.15, 0.2) is 23.3 Å². The Bertz CT molecular complexity index is 356. The summed E-state index contributed by atoms with van der Waals surface area (Å²) in [6.07, 6.45) is 0.773. The monoisotopic (exact) mass is 191 g/mol. The van der Waals surface area contributed by atoms with E-state index in [2.05, 4.69) is 10.0 Å². The Balaban J connectivity index is 2.70. The van der Waals surface area contributed by atoms with Crippen molar-refractivity contribution in [1.82, 2.24) is 0 Å². The van der Waals surface area contributed by atoms with Crippen molar-refractivity contribution in [3.05, 3.63) is 39.8 Å². The van der Waals surface area contributed by atoms with Gasteiger partial charge in [0, 0.05) is 11.5 Å². The molecule has 14 heavy (non-hydrogen) atoms. The molecule has 0 aliphatic carbocycles. The number of aryl methyl sites for hydroxylation is 1. The van der Waals surface area contributed by atoms with Gasteiger partial charge in [-0.15, -0.1) is 0 Å². The minimum atomic E-state index is 0.502. The van der Waals surface area contributed by atoms with Crippen LogP contribution < -0.4 is 4.74 Å². The van der Waals surface area contributed by atoms with Crippen molar-refractivity contribution in [2.45, 2.75) is 13.3 Å². The average molecular weight is 191 g/mol. The normalized spacial score (nSPS) is 9.29. The SMILES string of the molecule is COc1ccc(CCN=[N+]=[N-])cc1C. The van der Waals surface area contributed by atoms with Crippen LogP contribution in [0.2, 0.25) is 0 Å². The number of rotatable bonds is 4. The number of hydrogen-bond donors (Lipinski definition) is 0. The molecule has 0 atom stereocenters. The van der Waals surface area contributed by atoms with Gasteiger partial charge in [0.25, 0.3) is 0 Å². The molecule has 74 valence electrons. The lowest BCUT2D eigenvalue weighted by molar-refractivity contribution is 0.411. The molecule has 0 fully saturated rings. The third kappa shape index (κ3) is 2.68. The van der Waals surface area contributed by atoms with Crippen molar-refractivity contribution in [3.8, 4) is 5.75 Å². The second kappa shape index (κ2) is 5.14. The minimum absolute atomic E-state index is 0.502. The van der Waals surface area contributed by atoms with E-state index in [1.165, 1.54) is 0 Å². The summed E-state index contributed by atoms with van der Waals surface area (Å²) in [6, 6.07) is 5.96. The Morgan fingerprint density at radius 2 is 2.29 bits per heavy atom. The van der Waals surface area contributed by atoms with Crippen LogP contribution in [-0.4, -0.2) is 13.7 Å². The maximum Gasteiger partial charge on any atom is 0.121 e. The van der Waals surface area contributed by atoms with Gasteiger partial charge in [0.1, 0.15) is 5.75 Å². The van der Waals surface area contributed by atoms with Crippen molar-refractivity contribution < 1.29 is 4.74 Å². The Morgan fingerprint density at radius 3 is 2.86 bits per heavy atom. The summed E-state index contributed by atoms with van der Waals surface area (Å²) in [7, 11) is 1.65. The Morgan fingerprint density at radius 1 is 1.50 bits per heavy atom. The number of nitrogens with zero attached hydrogens (tertiary/aromatic N) is 3. The maximum absolute atomic E-state index is 8.12. The molecular weight excluding hydrogens is 178 g/mol. The third-order valence-electron chi connectivity index (χ3n) is 2.02. The zero-order valence-corrected chi connectivity index (χ0v) is 8.40. The minimum Gasteiger partial charge on any atom is -0.496 e. The molecule has 0 bridgehead atoms. The lowest BCUT2D eigenvalue weighted by atomic mass is 10.1. The number of benzene rings is 1. The number of hydrogen-bond acceptors (Lipinski definition) is 2. The summed E-state index contributed by atoms with van der Waals surface area (Å²) in [4.78, 5) is 2.71. The number of methoxy groups -OCH3 is 1. The first-order valence-corrected chi connectivity index (χ1v) is 4.42. The molecule has 0 aliphatic rings. The fraction of sp³-hybridized carbons (Fsp3) is 0.400. The topological polar surface area (TPSA) is 58.0 Å². The second-order valence-corrected chi connectivity index (χ2v) is 3.01. The maximum atomic E-state index is 8.12. The summed E-state index contributed by atoms with van der Waals surface area (Å²) in [5.41, 5.74) is 10.4. The standard InChI is InChI=1S/C10H13N3O/c1-8-7-9(5-6-12-13-11)3-4-10(8)14-2/h3-4,7H,5-6H2,1-2H3. The molecule has 0 spiro atoms. The van der Waals surface area contributed by atoms with Crippen LogP contribution >= 0.6 is 0 Å². The third-order valence-corrected chi connectivity index (χ3v) is 2.02. The van der Waals surface area contributed by atoms with E-state index >= 15 is 0 Å². The van der Waals surface area contributed by atoms with Gasteiger partial charge >= 0.3 is 0 Å². The van der Waals surface area contributed by atoms with Crippen LogP contribution in [0.25, 0.3) is 10.4 Å². The highest BCUT2D eigenvalue weighted by Gasteiger charge is 1.98. The first-order valence-electron chi connectivity index (χ1n) is 4.42. The van der Waals surface area contributed by atoms with E-state index in [1.807, 2.05) is 25.1 Å². The van der Waals surface area contributed by atoms with Gasteiger partial charge < -0.3 is 4.74 Å². The van der Waals surface area contributed by atoms with E-state index in [-0.39, 0.29) is 0 Å². The summed E-state index contributed by atoms with van der Waals surface area (Å²) in [6.45, 7) is 2.50. The van der Waals surface area contributed by atoms with Gasteiger partial charge in [-0.3, -0.25) is 0 Å². The van der Waals surface area contributed by atoms with E-state index in [0.29, 0.717) is 6.54 Å². The molecule has 0 aliphatic heterocycles. The molecule has 0 N–H and O–H groups in total. The fourth-order valence-electron chi connectivity index (χ4n) is 1.32. The van der Waals surface area contributed by atoms with Gasteiger partial charge in [0.2, 0.25) is 0 Å². The molecule has 0 aromatic heterocycles. The van der Waals surface area contributed by atoms with Crippen molar-refractivity contribution >= 4 is 0 Å². The molecular formula is C10H13N3O. The van der Waals surface area contributed by atoms with Crippen LogP contribution in [0.1, 0.15) is 11.1 Å². The summed E-state index contributed by atoms with van der Waals surface area (Å²) in [5, 5.41) is 3.49. The van der Waals surface area contributed by atoms with E-state index in [0.717, 1.165) is 23.3 Å². The zero-order chi connectivity index (χ0) is 10.4. The van der Waals surface area contributed by atoms with Crippen LogP contribution in [0.5, 0.6) is 5.75 Å². The Kier molecular flexibility index (Phi) is 3.83. The highest BCUT2D eigenvalue weighted by atomic mass is 16.5. The highest BCUT2D eigenvalue weighted by Crippen LogP contribution is 2.18. The first kappa shape index (κ1) is 10.4. The largest absolute Gasteiger partial charge is 0.496 e. The van der Waals surface area contributed by atoms with Gasteiger partial charge in [0.15, 0.2) is 0 Å². The molecule has 4 heteroatoms. The van der Waals surface area contributed by atoms with Crippen molar-refractivity contribution in [2.24, 2.45) is 5.11 Å². The van der Waals surface area contributed by atoms with Gasteiger partial charge in [-0.2, -0.15) is 0 Å². The lowest BCUT2D eigenvalue weighted by Crippen LogP contribution is -1.92. The van der Waals surface area contributed by atoms with Crippen molar-refractivity contribution in [2.75, 3.05) is 13.7 Å². The van der Waals surface area contributed by atoms with Crippen LogP contribution in [0.4, 0.5) is 0 Å². The Labute approximate surface area is 83.1 Å².